The predicted molar refractivity (Wildman–Crippen MR) is 111 cm³/mol. The van der Waals surface area contributed by atoms with Crippen LogP contribution in [0.1, 0.15) is 61.6 Å². The summed E-state index contributed by atoms with van der Waals surface area (Å²) in [6.07, 6.45) is 2.56. The molecule has 0 aliphatic rings. The number of hydrogen-bond acceptors (Lipinski definition) is 5. The standard InChI is InChI=1S/C23H30N2O4/c1-14(2)10-18-6-8-19(9-7-18)15(3)23(28)29-13-20-11-24-16(4)22(27)21(20)12-25-17(5)26/h6-9,11,14-15,27H,10,12-13H2,1-5H3,(H,25,26). The minimum atomic E-state index is -0.408. The minimum Gasteiger partial charge on any atom is -0.506 e. The summed E-state index contributed by atoms with van der Waals surface area (Å²) in [5.74, 6) is -0.395. The van der Waals surface area contributed by atoms with Gasteiger partial charge in [0.25, 0.3) is 0 Å². The van der Waals surface area contributed by atoms with E-state index in [1.54, 1.807) is 13.1 Å². The lowest BCUT2D eigenvalue weighted by molar-refractivity contribution is -0.146. The molecule has 1 unspecified atom stereocenters. The van der Waals surface area contributed by atoms with Gasteiger partial charge in [0.1, 0.15) is 12.4 Å². The molecule has 0 spiro atoms. The predicted octanol–water partition coefficient (Wildman–Crippen LogP) is 3.78. The van der Waals surface area contributed by atoms with Gasteiger partial charge in [0.15, 0.2) is 0 Å². The fourth-order valence-electron chi connectivity index (χ4n) is 3.04. The maximum absolute atomic E-state index is 12.5. The van der Waals surface area contributed by atoms with Gasteiger partial charge >= 0.3 is 5.97 Å². The number of carbonyl (C=O) groups is 2. The molecule has 0 radical (unpaired) electrons. The third-order valence-electron chi connectivity index (χ3n) is 4.79. The van der Waals surface area contributed by atoms with E-state index in [0.29, 0.717) is 22.7 Å². The summed E-state index contributed by atoms with van der Waals surface area (Å²) in [6, 6.07) is 8.02. The Hall–Kier alpha value is -2.89. The van der Waals surface area contributed by atoms with E-state index < -0.39 is 5.92 Å². The molecule has 0 saturated heterocycles. The largest absolute Gasteiger partial charge is 0.506 e. The van der Waals surface area contributed by atoms with Crippen LogP contribution in [-0.2, 0) is 33.9 Å². The van der Waals surface area contributed by atoms with Crippen molar-refractivity contribution in [1.29, 1.82) is 0 Å². The van der Waals surface area contributed by atoms with Crippen LogP contribution < -0.4 is 5.32 Å². The lowest BCUT2D eigenvalue weighted by Gasteiger charge is -2.16. The summed E-state index contributed by atoms with van der Waals surface area (Å²) in [7, 11) is 0. The summed E-state index contributed by atoms with van der Waals surface area (Å²) < 4.78 is 5.48. The number of esters is 1. The van der Waals surface area contributed by atoms with Crippen molar-refractivity contribution in [2.45, 2.75) is 60.1 Å². The second kappa shape index (κ2) is 10.0. The summed E-state index contributed by atoms with van der Waals surface area (Å²) in [5.41, 5.74) is 3.66. The summed E-state index contributed by atoms with van der Waals surface area (Å²) in [4.78, 5) is 27.9. The molecule has 2 rings (SSSR count). The first-order valence-corrected chi connectivity index (χ1v) is 9.85. The Bertz CT molecular complexity index is 860. The molecule has 1 amide bonds. The highest BCUT2D eigenvalue weighted by Crippen LogP contribution is 2.25. The average molecular weight is 399 g/mol. The molecule has 1 heterocycles. The second-order valence-electron chi connectivity index (χ2n) is 7.77. The SMILES string of the molecule is CC(=O)NCc1c(COC(=O)C(C)c2ccc(CC(C)C)cc2)cnc(C)c1O. The topological polar surface area (TPSA) is 88.5 Å². The third kappa shape index (κ3) is 6.31. The number of ether oxygens (including phenoxy) is 1. The Morgan fingerprint density at radius 2 is 1.83 bits per heavy atom. The molecule has 0 saturated carbocycles. The van der Waals surface area contributed by atoms with Gasteiger partial charge in [-0.05, 0) is 37.3 Å². The van der Waals surface area contributed by atoms with Gasteiger partial charge in [-0.3, -0.25) is 14.6 Å². The van der Waals surface area contributed by atoms with Crippen LogP contribution in [0.5, 0.6) is 5.75 Å². The van der Waals surface area contributed by atoms with E-state index in [1.807, 2.05) is 31.2 Å². The number of nitrogens with one attached hydrogen (secondary N) is 1. The van der Waals surface area contributed by atoms with E-state index in [9.17, 15) is 14.7 Å². The van der Waals surface area contributed by atoms with Crippen LogP contribution >= 0.6 is 0 Å². The van der Waals surface area contributed by atoms with E-state index in [4.69, 9.17) is 4.74 Å². The highest BCUT2D eigenvalue weighted by Gasteiger charge is 2.19. The molecule has 1 aromatic heterocycles. The molecule has 0 aliphatic carbocycles. The van der Waals surface area contributed by atoms with Gasteiger partial charge in [0.2, 0.25) is 5.91 Å². The van der Waals surface area contributed by atoms with Crippen LogP contribution in [0.2, 0.25) is 0 Å². The maximum Gasteiger partial charge on any atom is 0.313 e. The summed E-state index contributed by atoms with van der Waals surface area (Å²) >= 11 is 0. The quantitative estimate of drug-likeness (QED) is 0.661. The van der Waals surface area contributed by atoms with E-state index in [2.05, 4.69) is 24.1 Å². The summed E-state index contributed by atoms with van der Waals surface area (Å²) in [5, 5.41) is 12.9. The van der Waals surface area contributed by atoms with Crippen LogP contribution in [0.4, 0.5) is 0 Å². The van der Waals surface area contributed by atoms with Gasteiger partial charge in [0.05, 0.1) is 11.6 Å². The molecule has 156 valence electrons. The number of aryl methyl sites for hydroxylation is 1. The number of aromatic nitrogens is 1. The number of hydrogen-bond donors (Lipinski definition) is 2. The van der Waals surface area contributed by atoms with Crippen molar-refractivity contribution in [3.63, 3.8) is 0 Å². The van der Waals surface area contributed by atoms with Crippen molar-refractivity contribution in [2.75, 3.05) is 0 Å². The Labute approximate surface area is 172 Å². The van der Waals surface area contributed by atoms with Crippen molar-refractivity contribution >= 4 is 11.9 Å². The maximum atomic E-state index is 12.5. The van der Waals surface area contributed by atoms with Crippen LogP contribution in [0.15, 0.2) is 30.5 Å². The fourth-order valence-corrected chi connectivity index (χ4v) is 3.04. The van der Waals surface area contributed by atoms with Crippen LogP contribution in [0, 0.1) is 12.8 Å². The van der Waals surface area contributed by atoms with E-state index >= 15 is 0 Å². The summed E-state index contributed by atoms with van der Waals surface area (Å²) in [6.45, 7) is 9.35. The fraction of sp³-hybridized carbons (Fsp3) is 0.435. The van der Waals surface area contributed by atoms with E-state index in [0.717, 1.165) is 12.0 Å². The number of aromatic hydroxyl groups is 1. The molecule has 29 heavy (non-hydrogen) atoms. The highest BCUT2D eigenvalue weighted by molar-refractivity contribution is 5.77. The van der Waals surface area contributed by atoms with Gasteiger partial charge < -0.3 is 15.2 Å². The highest BCUT2D eigenvalue weighted by atomic mass is 16.5. The monoisotopic (exact) mass is 398 g/mol. The molecule has 0 bridgehead atoms. The number of benzene rings is 1. The number of rotatable bonds is 8. The minimum absolute atomic E-state index is 0.00101. The van der Waals surface area contributed by atoms with Gasteiger partial charge in [-0.1, -0.05) is 38.1 Å². The van der Waals surface area contributed by atoms with Gasteiger partial charge in [0, 0.05) is 30.8 Å². The zero-order valence-corrected chi connectivity index (χ0v) is 17.8. The van der Waals surface area contributed by atoms with Crippen molar-refractivity contribution in [3.8, 4) is 5.75 Å². The number of nitrogens with zero attached hydrogens (tertiary/aromatic N) is 1. The van der Waals surface area contributed by atoms with Crippen LogP contribution in [-0.4, -0.2) is 22.0 Å². The average Bonchev–Trinajstić information content (AvgIpc) is 2.67. The van der Waals surface area contributed by atoms with E-state index in [-0.39, 0.29) is 30.8 Å². The first kappa shape index (κ1) is 22.4. The Morgan fingerprint density at radius 3 is 2.41 bits per heavy atom. The number of carbonyl (C=O) groups excluding carboxylic acids is 2. The van der Waals surface area contributed by atoms with Crippen molar-refractivity contribution < 1.29 is 19.4 Å². The molecular formula is C23H30N2O4. The molecule has 6 heteroatoms. The van der Waals surface area contributed by atoms with Crippen LogP contribution in [0.3, 0.4) is 0 Å². The zero-order chi connectivity index (χ0) is 21.6. The van der Waals surface area contributed by atoms with Crippen molar-refractivity contribution in [1.82, 2.24) is 10.3 Å². The van der Waals surface area contributed by atoms with Crippen molar-refractivity contribution in [3.05, 3.63) is 58.4 Å². The molecule has 1 atom stereocenters. The van der Waals surface area contributed by atoms with E-state index in [1.165, 1.54) is 12.5 Å². The smallest absolute Gasteiger partial charge is 0.313 e. The number of pyridine rings is 1. The second-order valence-corrected chi connectivity index (χ2v) is 7.77. The lowest BCUT2D eigenvalue weighted by Crippen LogP contribution is -2.21. The Balaban J connectivity index is 2.06. The molecular weight excluding hydrogens is 368 g/mol. The lowest BCUT2D eigenvalue weighted by atomic mass is 9.97. The first-order valence-electron chi connectivity index (χ1n) is 9.85. The Morgan fingerprint density at radius 1 is 1.17 bits per heavy atom. The number of amides is 1. The molecule has 2 N–H and O–H groups in total. The van der Waals surface area contributed by atoms with Gasteiger partial charge in [-0.2, -0.15) is 0 Å². The Kier molecular flexibility index (Phi) is 7.76. The molecule has 2 aromatic rings. The zero-order valence-electron chi connectivity index (χ0n) is 17.8. The van der Waals surface area contributed by atoms with Crippen molar-refractivity contribution in [2.24, 2.45) is 5.92 Å². The van der Waals surface area contributed by atoms with Gasteiger partial charge in [-0.25, -0.2) is 0 Å². The molecule has 1 aromatic carbocycles. The van der Waals surface area contributed by atoms with Gasteiger partial charge in [-0.15, -0.1) is 0 Å². The molecule has 0 aliphatic heterocycles. The first-order chi connectivity index (χ1) is 13.7. The molecule has 0 fully saturated rings. The molecule has 6 nitrogen and oxygen atoms in total. The third-order valence-corrected chi connectivity index (χ3v) is 4.79. The normalized spacial score (nSPS) is 11.9. The van der Waals surface area contributed by atoms with Crippen LogP contribution in [0.25, 0.3) is 0 Å².